The number of aliphatic carboxylic acids is 1. The summed E-state index contributed by atoms with van der Waals surface area (Å²) in [5.74, 6) is -1.05. The van der Waals surface area contributed by atoms with Crippen LogP contribution in [-0.4, -0.2) is 29.1 Å². The highest BCUT2D eigenvalue weighted by Crippen LogP contribution is 2.30. The number of rotatable bonds is 12. The van der Waals surface area contributed by atoms with Gasteiger partial charge in [-0.15, -0.1) is 0 Å². The van der Waals surface area contributed by atoms with Gasteiger partial charge in [-0.25, -0.2) is 9.59 Å². The van der Waals surface area contributed by atoms with Gasteiger partial charge in [0.15, 0.2) is 6.10 Å². The van der Waals surface area contributed by atoms with E-state index in [-0.39, 0.29) is 11.5 Å². The van der Waals surface area contributed by atoms with Gasteiger partial charge in [-0.1, -0.05) is 40.0 Å². The van der Waals surface area contributed by atoms with Crippen molar-refractivity contribution in [1.82, 2.24) is 5.32 Å². The third-order valence-electron chi connectivity index (χ3n) is 5.93. The summed E-state index contributed by atoms with van der Waals surface area (Å²) in [6.07, 6.45) is 4.42. The molecule has 1 aromatic carbocycles. The van der Waals surface area contributed by atoms with Gasteiger partial charge < -0.3 is 19.6 Å². The number of carbonyl (C=O) groups is 2. The number of amides is 1. The van der Waals surface area contributed by atoms with Crippen molar-refractivity contribution in [3.05, 3.63) is 39.2 Å². The van der Waals surface area contributed by atoms with Crippen LogP contribution in [0.4, 0.5) is 0 Å². The first kappa shape index (κ1) is 26.4. The number of aryl methyl sites for hydroxylation is 2. The molecule has 2 unspecified atom stereocenters. The Bertz CT molecular complexity index is 1040. The van der Waals surface area contributed by atoms with Gasteiger partial charge >= 0.3 is 11.6 Å². The van der Waals surface area contributed by atoms with Crippen LogP contribution in [0.2, 0.25) is 0 Å². The van der Waals surface area contributed by atoms with E-state index in [1.54, 1.807) is 19.9 Å². The summed E-state index contributed by atoms with van der Waals surface area (Å²) in [5.41, 5.74) is 2.37. The topological polar surface area (TPSA) is 106 Å². The van der Waals surface area contributed by atoms with Crippen molar-refractivity contribution < 1.29 is 23.8 Å². The van der Waals surface area contributed by atoms with Crippen molar-refractivity contribution in [1.29, 1.82) is 0 Å². The highest BCUT2D eigenvalue weighted by atomic mass is 16.5. The van der Waals surface area contributed by atoms with Crippen LogP contribution in [-0.2, 0) is 16.0 Å². The van der Waals surface area contributed by atoms with Crippen molar-refractivity contribution in [3.8, 4) is 5.75 Å². The van der Waals surface area contributed by atoms with E-state index in [2.05, 4.69) is 12.2 Å². The number of benzene rings is 1. The molecule has 182 valence electrons. The van der Waals surface area contributed by atoms with Gasteiger partial charge in [-0.3, -0.25) is 4.79 Å². The largest absolute Gasteiger partial charge is 0.480 e. The molecule has 0 fully saturated rings. The van der Waals surface area contributed by atoms with Crippen LogP contribution in [0.25, 0.3) is 11.0 Å². The molecule has 1 amide bonds. The Morgan fingerprint density at radius 2 is 1.79 bits per heavy atom. The van der Waals surface area contributed by atoms with Gasteiger partial charge in [0, 0.05) is 16.5 Å². The maximum absolute atomic E-state index is 12.7. The molecule has 0 aliphatic carbocycles. The van der Waals surface area contributed by atoms with Gasteiger partial charge in [0.25, 0.3) is 5.91 Å². The van der Waals surface area contributed by atoms with Crippen molar-refractivity contribution in [3.63, 3.8) is 0 Å². The number of unbranched alkanes of at least 4 members (excludes halogenated alkanes) is 3. The van der Waals surface area contributed by atoms with Gasteiger partial charge in [-0.2, -0.15) is 0 Å². The van der Waals surface area contributed by atoms with Crippen LogP contribution in [0.3, 0.4) is 0 Å². The smallest absolute Gasteiger partial charge is 0.339 e. The fourth-order valence-corrected chi connectivity index (χ4v) is 3.94. The summed E-state index contributed by atoms with van der Waals surface area (Å²) < 4.78 is 11.5. The number of carbonyl (C=O) groups excluding carboxylic acids is 1. The summed E-state index contributed by atoms with van der Waals surface area (Å²) in [7, 11) is 0. The molecule has 2 N–H and O–H groups in total. The quantitative estimate of drug-likeness (QED) is 0.345. The number of ether oxygens (including phenoxy) is 1. The lowest BCUT2D eigenvalue weighted by Crippen LogP contribution is -2.46. The first-order valence-electron chi connectivity index (χ1n) is 11.8. The SMILES string of the molecule is CCCCCCc1c(C)c2ccc(OC(C)C(=O)NC(CC(C)C)C(=O)O)c(C)c2oc1=O. The molecule has 2 rings (SSSR count). The third kappa shape index (κ3) is 6.83. The maximum atomic E-state index is 12.7. The minimum Gasteiger partial charge on any atom is -0.480 e. The van der Waals surface area contributed by atoms with Crippen LogP contribution in [0.1, 0.15) is 76.5 Å². The van der Waals surface area contributed by atoms with Crippen LogP contribution >= 0.6 is 0 Å². The highest BCUT2D eigenvalue weighted by molar-refractivity contribution is 5.87. The zero-order valence-electron chi connectivity index (χ0n) is 20.6. The van der Waals surface area contributed by atoms with E-state index in [9.17, 15) is 19.5 Å². The molecule has 0 aliphatic rings. The molecule has 0 saturated carbocycles. The van der Waals surface area contributed by atoms with Gasteiger partial charge in [0.2, 0.25) is 0 Å². The van der Waals surface area contributed by atoms with E-state index in [0.717, 1.165) is 36.6 Å². The molecular weight excluding hydrogens is 422 g/mol. The number of fused-ring (bicyclic) bond motifs is 1. The summed E-state index contributed by atoms with van der Waals surface area (Å²) in [5, 5.41) is 12.8. The van der Waals surface area contributed by atoms with Crippen molar-refractivity contribution in [2.45, 2.75) is 92.2 Å². The molecule has 2 atom stereocenters. The Morgan fingerprint density at radius 3 is 2.39 bits per heavy atom. The molecule has 1 heterocycles. The first-order chi connectivity index (χ1) is 15.6. The summed E-state index contributed by atoms with van der Waals surface area (Å²) in [6.45, 7) is 11.2. The van der Waals surface area contributed by atoms with E-state index in [1.165, 1.54) is 0 Å². The third-order valence-corrected chi connectivity index (χ3v) is 5.93. The zero-order chi connectivity index (χ0) is 24.7. The lowest BCUT2D eigenvalue weighted by Gasteiger charge is -2.21. The second-order valence-electron chi connectivity index (χ2n) is 9.16. The predicted octanol–water partition coefficient (Wildman–Crippen LogP) is 4.92. The molecule has 1 aromatic heterocycles. The summed E-state index contributed by atoms with van der Waals surface area (Å²) in [4.78, 5) is 36.6. The molecule has 0 spiro atoms. The monoisotopic (exact) mass is 459 g/mol. The van der Waals surface area contributed by atoms with E-state index in [1.807, 2.05) is 26.8 Å². The standard InChI is InChI=1S/C26H37NO6/c1-7-8-9-10-11-20-16(4)19-12-13-22(17(5)23(19)33-26(20)31)32-18(6)24(28)27-21(25(29)30)14-15(2)3/h12-13,15,18,21H,7-11,14H2,1-6H3,(H,27,28)(H,29,30). The summed E-state index contributed by atoms with van der Waals surface area (Å²) >= 11 is 0. The lowest BCUT2D eigenvalue weighted by molar-refractivity contribution is -0.143. The number of carboxylic acid groups (broad SMARTS) is 1. The van der Waals surface area contributed by atoms with Crippen LogP contribution in [0.5, 0.6) is 5.75 Å². The molecule has 0 bridgehead atoms. The molecule has 0 aliphatic heterocycles. The van der Waals surface area contributed by atoms with E-state index in [4.69, 9.17) is 9.15 Å². The molecule has 7 nitrogen and oxygen atoms in total. The van der Waals surface area contributed by atoms with Gasteiger partial charge in [-0.05, 0) is 63.6 Å². The number of nitrogens with one attached hydrogen (secondary N) is 1. The van der Waals surface area contributed by atoms with Crippen LogP contribution in [0, 0.1) is 19.8 Å². The fraction of sp³-hybridized carbons (Fsp3) is 0.577. The second kappa shape index (κ2) is 11.9. The van der Waals surface area contributed by atoms with Crippen molar-refractivity contribution in [2.24, 2.45) is 5.92 Å². The first-order valence-corrected chi connectivity index (χ1v) is 11.8. The predicted molar refractivity (Wildman–Crippen MR) is 129 cm³/mol. The van der Waals surface area contributed by atoms with Gasteiger partial charge in [0.1, 0.15) is 17.4 Å². The Hall–Kier alpha value is -2.83. The number of hydrogen-bond donors (Lipinski definition) is 2. The van der Waals surface area contributed by atoms with Crippen molar-refractivity contribution in [2.75, 3.05) is 0 Å². The van der Waals surface area contributed by atoms with Crippen molar-refractivity contribution >= 4 is 22.8 Å². The van der Waals surface area contributed by atoms with Crippen LogP contribution < -0.4 is 15.7 Å². The van der Waals surface area contributed by atoms with E-state index in [0.29, 0.717) is 35.3 Å². The molecule has 0 saturated heterocycles. The average molecular weight is 460 g/mol. The van der Waals surface area contributed by atoms with E-state index < -0.39 is 24.0 Å². The highest BCUT2D eigenvalue weighted by Gasteiger charge is 2.25. The van der Waals surface area contributed by atoms with Gasteiger partial charge in [0.05, 0.1) is 0 Å². The second-order valence-corrected chi connectivity index (χ2v) is 9.16. The molecular formula is C26H37NO6. The van der Waals surface area contributed by atoms with Crippen LogP contribution in [0.15, 0.2) is 21.3 Å². The zero-order valence-corrected chi connectivity index (χ0v) is 20.6. The molecule has 7 heteroatoms. The Kier molecular flexibility index (Phi) is 9.50. The lowest BCUT2D eigenvalue weighted by atomic mass is 9.99. The Labute approximate surface area is 195 Å². The summed E-state index contributed by atoms with van der Waals surface area (Å²) in [6, 6.07) is 2.63. The Morgan fingerprint density at radius 1 is 1.09 bits per heavy atom. The Balaban J connectivity index is 2.22. The minimum atomic E-state index is -1.08. The molecule has 0 radical (unpaired) electrons. The fourth-order valence-electron chi connectivity index (χ4n) is 3.94. The number of carboxylic acids is 1. The number of hydrogen-bond acceptors (Lipinski definition) is 5. The maximum Gasteiger partial charge on any atom is 0.339 e. The molecule has 33 heavy (non-hydrogen) atoms. The normalized spacial score (nSPS) is 13.2. The van der Waals surface area contributed by atoms with E-state index >= 15 is 0 Å². The minimum absolute atomic E-state index is 0.119. The molecule has 2 aromatic rings. The average Bonchev–Trinajstić information content (AvgIpc) is 2.74.